The molecular weight excluding hydrogens is 338 g/mol. The fraction of sp³-hybridized carbons (Fsp3) is 0.312. The Morgan fingerprint density at radius 3 is 2.48 bits per heavy atom. The van der Waals surface area contributed by atoms with Gasteiger partial charge in [0.15, 0.2) is 0 Å². The molecule has 2 rings (SSSR count). The van der Waals surface area contributed by atoms with Crippen LogP contribution in [-0.2, 0) is 27.4 Å². The molecule has 0 bridgehead atoms. The minimum Gasteiger partial charge on any atom is -0.463 e. The summed E-state index contributed by atoms with van der Waals surface area (Å²) >= 11 is 0. The number of halogens is 2. The summed E-state index contributed by atoms with van der Waals surface area (Å²) in [5, 5.41) is 0. The van der Waals surface area contributed by atoms with Gasteiger partial charge in [-0.25, -0.2) is 13.6 Å². The molecule has 0 saturated carbocycles. The number of nitrogens with zero attached hydrogens (tertiary/aromatic N) is 1. The van der Waals surface area contributed by atoms with Crippen LogP contribution >= 0.6 is 0 Å². The molecule has 0 saturated heterocycles. The van der Waals surface area contributed by atoms with Crippen molar-refractivity contribution in [1.82, 2.24) is 9.55 Å². The number of benzene rings is 1. The lowest BCUT2D eigenvalue weighted by Gasteiger charge is -2.09. The van der Waals surface area contributed by atoms with Gasteiger partial charge in [0.25, 0.3) is 5.56 Å². The predicted octanol–water partition coefficient (Wildman–Crippen LogP) is 0.943. The third-order valence-corrected chi connectivity index (χ3v) is 3.16. The van der Waals surface area contributed by atoms with Crippen LogP contribution < -0.4 is 11.2 Å². The number of aromatic amines is 1. The van der Waals surface area contributed by atoms with Crippen molar-refractivity contribution in [3.8, 4) is 0 Å². The van der Waals surface area contributed by atoms with Gasteiger partial charge < -0.3 is 9.47 Å². The van der Waals surface area contributed by atoms with Crippen molar-refractivity contribution < 1.29 is 23.0 Å². The van der Waals surface area contributed by atoms with E-state index in [0.29, 0.717) is 0 Å². The number of H-pyrrole nitrogens is 1. The van der Waals surface area contributed by atoms with Gasteiger partial charge in [-0.3, -0.25) is 19.1 Å². The highest BCUT2D eigenvalue weighted by molar-refractivity contribution is 5.65. The first-order valence-electron chi connectivity index (χ1n) is 7.34. The summed E-state index contributed by atoms with van der Waals surface area (Å²) in [6, 6.07) is 2.94. The second-order valence-corrected chi connectivity index (χ2v) is 5.22. The summed E-state index contributed by atoms with van der Waals surface area (Å²) in [5.74, 6) is -1.96. The lowest BCUT2D eigenvalue weighted by molar-refractivity contribution is -0.142. The molecule has 0 aliphatic heterocycles. The van der Waals surface area contributed by atoms with Gasteiger partial charge in [0.2, 0.25) is 0 Å². The Labute approximate surface area is 140 Å². The van der Waals surface area contributed by atoms with E-state index in [9.17, 15) is 23.2 Å². The molecule has 1 aromatic carbocycles. The lowest BCUT2D eigenvalue weighted by Crippen LogP contribution is -2.32. The van der Waals surface area contributed by atoms with E-state index in [1.54, 1.807) is 0 Å². The van der Waals surface area contributed by atoms with Crippen LogP contribution in [0.3, 0.4) is 0 Å². The molecule has 1 heterocycles. The summed E-state index contributed by atoms with van der Waals surface area (Å²) in [7, 11) is 0. The molecule has 1 N–H and O–H groups in total. The molecular formula is C16H16F2N2O5. The van der Waals surface area contributed by atoms with Crippen LogP contribution in [0.2, 0.25) is 0 Å². The number of nitrogens with one attached hydrogen (secondary N) is 1. The highest BCUT2D eigenvalue weighted by Crippen LogP contribution is 2.11. The first-order valence-corrected chi connectivity index (χ1v) is 7.34. The highest BCUT2D eigenvalue weighted by atomic mass is 19.1. The number of rotatable bonds is 7. The zero-order chi connectivity index (χ0) is 18.4. The molecule has 0 radical (unpaired) electrons. The van der Waals surface area contributed by atoms with Gasteiger partial charge in [-0.15, -0.1) is 0 Å². The van der Waals surface area contributed by atoms with Crippen molar-refractivity contribution in [3.63, 3.8) is 0 Å². The number of carbonyl (C=O) groups excluding carboxylic acids is 1. The van der Waals surface area contributed by atoms with Gasteiger partial charge in [-0.2, -0.15) is 0 Å². The topological polar surface area (TPSA) is 90.4 Å². The first kappa shape index (κ1) is 18.5. The van der Waals surface area contributed by atoms with Gasteiger partial charge >= 0.3 is 11.7 Å². The smallest absolute Gasteiger partial charge is 0.330 e. The number of hydrogen-bond acceptors (Lipinski definition) is 5. The van der Waals surface area contributed by atoms with E-state index in [2.05, 4.69) is 9.72 Å². The summed E-state index contributed by atoms with van der Waals surface area (Å²) in [6.07, 6.45) is 1.20. The average Bonchev–Trinajstić information content (AvgIpc) is 2.49. The monoisotopic (exact) mass is 354 g/mol. The van der Waals surface area contributed by atoms with Gasteiger partial charge in [0.1, 0.15) is 25.0 Å². The summed E-state index contributed by atoms with van der Waals surface area (Å²) < 4.78 is 37.4. The van der Waals surface area contributed by atoms with Crippen molar-refractivity contribution >= 4 is 5.97 Å². The Morgan fingerprint density at radius 1 is 1.16 bits per heavy atom. The molecule has 0 unspecified atom stereocenters. The van der Waals surface area contributed by atoms with Gasteiger partial charge in [-0.05, 0) is 17.7 Å². The number of aromatic nitrogens is 2. The van der Waals surface area contributed by atoms with Gasteiger partial charge in [0.05, 0.1) is 6.61 Å². The molecule has 2 aromatic rings. The Bertz CT molecular complexity index is 855. The molecule has 0 amide bonds. The molecule has 0 aliphatic rings. The summed E-state index contributed by atoms with van der Waals surface area (Å²) in [6.45, 7) is 1.17. The fourth-order valence-corrected chi connectivity index (χ4v) is 2.12. The van der Waals surface area contributed by atoms with E-state index in [0.717, 1.165) is 22.8 Å². The van der Waals surface area contributed by atoms with Crippen LogP contribution in [0.25, 0.3) is 0 Å². The SMILES string of the molecule is CC(=O)OCCOCn1cc(Cc2cc(F)cc(F)c2)c(=O)[nH]c1=O. The molecule has 1 aromatic heterocycles. The Balaban J connectivity index is 2.10. The minimum absolute atomic E-state index is 0.0306. The van der Waals surface area contributed by atoms with E-state index in [-0.39, 0.29) is 37.5 Å². The third kappa shape index (κ3) is 5.64. The summed E-state index contributed by atoms with van der Waals surface area (Å²) in [4.78, 5) is 36.3. The van der Waals surface area contributed by atoms with Crippen molar-refractivity contribution in [2.75, 3.05) is 13.2 Å². The highest BCUT2D eigenvalue weighted by Gasteiger charge is 2.08. The molecule has 9 heteroatoms. The molecule has 0 fully saturated rings. The maximum atomic E-state index is 13.2. The van der Waals surface area contributed by atoms with Gasteiger partial charge in [0, 0.05) is 31.2 Å². The lowest BCUT2D eigenvalue weighted by atomic mass is 10.1. The molecule has 134 valence electrons. The zero-order valence-corrected chi connectivity index (χ0v) is 13.4. The molecule has 0 spiro atoms. The van der Waals surface area contributed by atoms with E-state index in [1.165, 1.54) is 13.1 Å². The van der Waals surface area contributed by atoms with Crippen LogP contribution in [0.5, 0.6) is 0 Å². The fourth-order valence-electron chi connectivity index (χ4n) is 2.12. The standard InChI is InChI=1S/C16H16F2N2O5/c1-10(21)25-3-2-24-9-20-8-12(15(22)19-16(20)23)4-11-5-13(17)7-14(18)6-11/h5-8H,2-4,9H2,1H3,(H,19,22,23). The van der Waals surface area contributed by atoms with Crippen LogP contribution in [-0.4, -0.2) is 28.7 Å². The van der Waals surface area contributed by atoms with E-state index in [4.69, 9.17) is 4.74 Å². The Hall–Kier alpha value is -2.81. The number of ether oxygens (including phenoxy) is 2. The largest absolute Gasteiger partial charge is 0.463 e. The minimum atomic E-state index is -0.756. The van der Waals surface area contributed by atoms with E-state index >= 15 is 0 Å². The second-order valence-electron chi connectivity index (χ2n) is 5.22. The maximum Gasteiger partial charge on any atom is 0.330 e. The Morgan fingerprint density at radius 2 is 1.84 bits per heavy atom. The number of carbonyl (C=O) groups is 1. The maximum absolute atomic E-state index is 13.2. The second kappa shape index (κ2) is 8.34. The van der Waals surface area contributed by atoms with Crippen molar-refractivity contribution in [2.24, 2.45) is 0 Å². The van der Waals surface area contributed by atoms with Gasteiger partial charge in [-0.1, -0.05) is 0 Å². The van der Waals surface area contributed by atoms with Crippen LogP contribution in [0.15, 0.2) is 34.0 Å². The van der Waals surface area contributed by atoms with Crippen molar-refractivity contribution in [3.05, 3.63) is 68.0 Å². The molecule has 0 aliphatic carbocycles. The van der Waals surface area contributed by atoms with E-state index < -0.39 is 28.9 Å². The number of hydrogen-bond donors (Lipinski definition) is 1. The zero-order valence-electron chi connectivity index (χ0n) is 13.4. The number of esters is 1. The summed E-state index contributed by atoms with van der Waals surface area (Å²) in [5.41, 5.74) is -0.936. The predicted molar refractivity (Wildman–Crippen MR) is 83.1 cm³/mol. The van der Waals surface area contributed by atoms with Crippen LogP contribution in [0, 0.1) is 11.6 Å². The van der Waals surface area contributed by atoms with Crippen LogP contribution in [0.4, 0.5) is 8.78 Å². The first-order chi connectivity index (χ1) is 11.8. The van der Waals surface area contributed by atoms with Crippen LogP contribution in [0.1, 0.15) is 18.1 Å². The molecule has 25 heavy (non-hydrogen) atoms. The van der Waals surface area contributed by atoms with Crippen molar-refractivity contribution in [2.45, 2.75) is 20.1 Å². The Kier molecular flexibility index (Phi) is 6.18. The van der Waals surface area contributed by atoms with E-state index in [1.807, 2.05) is 0 Å². The quantitative estimate of drug-likeness (QED) is 0.590. The molecule has 7 nitrogen and oxygen atoms in total. The van der Waals surface area contributed by atoms with Crippen molar-refractivity contribution in [1.29, 1.82) is 0 Å². The normalized spacial score (nSPS) is 10.7. The average molecular weight is 354 g/mol. The third-order valence-electron chi connectivity index (χ3n) is 3.16. The molecule has 0 atom stereocenters.